The van der Waals surface area contributed by atoms with Gasteiger partial charge < -0.3 is 9.26 Å². The van der Waals surface area contributed by atoms with Gasteiger partial charge in [-0.15, -0.1) is 5.73 Å². The highest BCUT2D eigenvalue weighted by Gasteiger charge is 2.31. The van der Waals surface area contributed by atoms with Gasteiger partial charge in [0.25, 0.3) is 5.95 Å². The minimum absolute atomic E-state index is 0.130. The van der Waals surface area contributed by atoms with Crippen molar-refractivity contribution in [3.8, 4) is 5.95 Å². The number of ether oxygens (including phenoxy) is 1. The van der Waals surface area contributed by atoms with Crippen LogP contribution in [0.5, 0.6) is 0 Å². The molecule has 0 radical (unpaired) electrons. The Morgan fingerprint density at radius 3 is 2.81 bits per heavy atom. The Morgan fingerprint density at radius 2 is 2.11 bits per heavy atom. The zero-order chi connectivity index (χ0) is 26.3. The normalized spacial score (nSPS) is 20.7. The maximum absolute atomic E-state index is 14.7. The lowest BCUT2D eigenvalue weighted by Crippen LogP contribution is -2.34. The van der Waals surface area contributed by atoms with Gasteiger partial charge in [0.05, 0.1) is 11.3 Å². The van der Waals surface area contributed by atoms with Crippen LogP contribution in [-0.4, -0.2) is 55.5 Å². The second-order valence-electron chi connectivity index (χ2n) is 11.3. The summed E-state index contributed by atoms with van der Waals surface area (Å²) in [6.45, 7) is 11.5. The maximum atomic E-state index is 14.7. The van der Waals surface area contributed by atoms with Crippen molar-refractivity contribution in [1.29, 1.82) is 0 Å². The maximum Gasteiger partial charge on any atom is 0.342 e. The van der Waals surface area contributed by atoms with Crippen molar-refractivity contribution in [2.24, 2.45) is 5.92 Å². The van der Waals surface area contributed by atoms with E-state index in [1.54, 1.807) is 6.07 Å². The van der Waals surface area contributed by atoms with E-state index in [2.05, 4.69) is 25.9 Å². The molecular formula is C28H34FN5O3. The first kappa shape index (κ1) is 25.4. The smallest absolute Gasteiger partial charge is 0.342 e. The Bertz CT molecular complexity index is 1380. The molecule has 1 fully saturated rings. The summed E-state index contributed by atoms with van der Waals surface area (Å²) >= 11 is 0. The van der Waals surface area contributed by atoms with Crippen LogP contribution in [0.2, 0.25) is 0 Å². The molecule has 3 heterocycles. The third-order valence-electron chi connectivity index (χ3n) is 6.91. The molecule has 2 aliphatic rings. The van der Waals surface area contributed by atoms with E-state index in [0.717, 1.165) is 37.0 Å². The first-order valence-corrected chi connectivity index (χ1v) is 13.0. The zero-order valence-electron chi connectivity index (χ0n) is 22.1. The van der Waals surface area contributed by atoms with Crippen LogP contribution in [0.25, 0.3) is 16.9 Å². The topological polar surface area (TPSA) is 86.3 Å². The number of nitrogens with zero attached hydrogens (tertiary/aromatic N) is 5. The van der Waals surface area contributed by atoms with Crippen molar-refractivity contribution in [2.45, 2.75) is 77.9 Å². The summed E-state index contributed by atoms with van der Waals surface area (Å²) in [7, 11) is 0. The third kappa shape index (κ3) is 5.38. The highest BCUT2D eigenvalue weighted by atomic mass is 19.1. The molecule has 2 aromatic heterocycles. The van der Waals surface area contributed by atoms with E-state index < -0.39 is 5.60 Å². The lowest BCUT2D eigenvalue weighted by molar-refractivity contribution is -0.150. The molecule has 1 saturated heterocycles. The number of esters is 1. The minimum Gasteiger partial charge on any atom is -0.456 e. The van der Waals surface area contributed by atoms with Crippen molar-refractivity contribution in [3.63, 3.8) is 0 Å². The van der Waals surface area contributed by atoms with Crippen molar-refractivity contribution < 1.29 is 18.4 Å². The van der Waals surface area contributed by atoms with Crippen molar-refractivity contribution in [2.75, 3.05) is 13.1 Å². The lowest BCUT2D eigenvalue weighted by atomic mass is 9.99. The lowest BCUT2D eigenvalue weighted by Gasteiger charge is -2.27. The molecule has 0 bridgehead atoms. The molecule has 196 valence electrons. The quantitative estimate of drug-likeness (QED) is 0.338. The van der Waals surface area contributed by atoms with Crippen LogP contribution in [0.3, 0.4) is 0 Å². The predicted molar refractivity (Wildman–Crippen MR) is 137 cm³/mol. The fourth-order valence-electron chi connectivity index (χ4n) is 5.15. The minimum atomic E-state index is -0.505. The average molecular weight is 508 g/mol. The summed E-state index contributed by atoms with van der Waals surface area (Å²) in [6, 6.07) is 5.24. The molecule has 8 nitrogen and oxygen atoms in total. The Balaban J connectivity index is 1.25. The number of benzene rings is 1. The van der Waals surface area contributed by atoms with Crippen molar-refractivity contribution >= 4 is 16.9 Å². The second-order valence-corrected chi connectivity index (χ2v) is 11.3. The molecule has 1 unspecified atom stereocenters. The predicted octanol–water partition coefficient (Wildman–Crippen LogP) is 5.12. The number of hydrogen-bond acceptors (Lipinski definition) is 7. The summed E-state index contributed by atoms with van der Waals surface area (Å²) in [5, 5.41) is 9.50. The van der Waals surface area contributed by atoms with Gasteiger partial charge in [0.1, 0.15) is 16.9 Å². The van der Waals surface area contributed by atoms with E-state index in [1.807, 2.05) is 46.8 Å². The number of carbonyl (C=O) groups is 1. The van der Waals surface area contributed by atoms with E-state index in [4.69, 9.17) is 9.26 Å². The molecule has 37 heavy (non-hydrogen) atoms. The number of aromatic nitrogens is 4. The molecule has 3 aromatic rings. The molecule has 2 atom stereocenters. The Kier molecular flexibility index (Phi) is 6.77. The highest BCUT2D eigenvalue weighted by Crippen LogP contribution is 2.30. The molecule has 1 aliphatic heterocycles. The Hall–Kier alpha value is -3.29. The SMILES string of the molecule is CC(C)c1nn(-c2noc(C[C@@H]3CCN(C4C=C=C(C(=O)OC(C)(C)C)CC4)C3)n2)c2c(F)cccc12. The van der Waals surface area contributed by atoms with E-state index in [0.29, 0.717) is 35.7 Å². The van der Waals surface area contributed by atoms with Gasteiger partial charge in [0, 0.05) is 24.4 Å². The van der Waals surface area contributed by atoms with E-state index in [9.17, 15) is 9.18 Å². The molecule has 0 amide bonds. The number of likely N-dealkylation sites (tertiary alicyclic amines) is 1. The summed E-state index contributed by atoms with van der Waals surface area (Å²) in [5.74, 6) is 0.639. The molecule has 0 saturated carbocycles. The van der Waals surface area contributed by atoms with Gasteiger partial charge in [0.2, 0.25) is 5.89 Å². The fraction of sp³-hybridized carbons (Fsp3) is 0.536. The highest BCUT2D eigenvalue weighted by molar-refractivity contribution is 5.88. The first-order chi connectivity index (χ1) is 17.6. The number of hydrogen-bond donors (Lipinski definition) is 0. The van der Waals surface area contributed by atoms with Crippen LogP contribution in [-0.2, 0) is 16.0 Å². The van der Waals surface area contributed by atoms with E-state index in [-0.39, 0.29) is 29.7 Å². The van der Waals surface area contributed by atoms with Crippen LogP contribution in [0.1, 0.15) is 71.4 Å². The van der Waals surface area contributed by atoms with Gasteiger partial charge >= 0.3 is 5.97 Å². The number of rotatable bonds is 6. The molecule has 5 rings (SSSR count). The molecule has 1 aliphatic carbocycles. The van der Waals surface area contributed by atoms with Crippen molar-refractivity contribution in [3.05, 3.63) is 53.0 Å². The third-order valence-corrected chi connectivity index (χ3v) is 6.91. The van der Waals surface area contributed by atoms with Crippen LogP contribution in [0.15, 0.2) is 40.1 Å². The summed E-state index contributed by atoms with van der Waals surface area (Å²) < 4.78 is 27.2. The summed E-state index contributed by atoms with van der Waals surface area (Å²) in [4.78, 5) is 19.3. The van der Waals surface area contributed by atoms with Gasteiger partial charge in [-0.25, -0.2) is 9.18 Å². The van der Waals surface area contributed by atoms with Crippen LogP contribution >= 0.6 is 0 Å². The second kappa shape index (κ2) is 9.88. The molecule has 0 spiro atoms. The zero-order valence-corrected chi connectivity index (χ0v) is 22.1. The molecule has 0 N–H and O–H groups in total. The molecular weight excluding hydrogens is 473 g/mol. The standard InChI is InChI=1S/C28H34FN5O3/c1-17(2)24-21-7-6-8-22(29)25(21)34(31-24)27-30-23(37-32-27)15-18-13-14-33(16-18)20-11-9-19(10-12-20)26(35)36-28(3,4)5/h6-8,12,17-18,20H,9,11,13-16H2,1-5H3/t18-,20?/m0/s1. The largest absolute Gasteiger partial charge is 0.456 e. The monoisotopic (exact) mass is 507 g/mol. The van der Waals surface area contributed by atoms with Gasteiger partial charge in [-0.3, -0.25) is 4.90 Å². The number of halogens is 1. The van der Waals surface area contributed by atoms with E-state index in [1.165, 1.54) is 10.7 Å². The fourth-order valence-corrected chi connectivity index (χ4v) is 5.15. The van der Waals surface area contributed by atoms with Gasteiger partial charge in [0.15, 0.2) is 0 Å². The number of fused-ring (bicyclic) bond motifs is 1. The first-order valence-electron chi connectivity index (χ1n) is 13.0. The van der Waals surface area contributed by atoms with E-state index >= 15 is 0 Å². The average Bonchev–Trinajstić information content (AvgIpc) is 3.57. The summed E-state index contributed by atoms with van der Waals surface area (Å²) in [6.07, 6.45) is 5.20. The Labute approximate surface area is 216 Å². The van der Waals surface area contributed by atoms with Gasteiger partial charge in [-0.05, 0) is 75.7 Å². The van der Waals surface area contributed by atoms with Crippen LogP contribution in [0.4, 0.5) is 4.39 Å². The van der Waals surface area contributed by atoms with Gasteiger partial charge in [-0.1, -0.05) is 26.0 Å². The van der Waals surface area contributed by atoms with Crippen LogP contribution in [0, 0.1) is 11.7 Å². The Morgan fingerprint density at radius 1 is 1.30 bits per heavy atom. The van der Waals surface area contributed by atoms with Crippen LogP contribution < -0.4 is 0 Å². The number of carbonyl (C=O) groups excluding carboxylic acids is 1. The summed E-state index contributed by atoms with van der Waals surface area (Å²) in [5.41, 5.74) is 4.46. The number of para-hydroxylation sites is 1. The molecule has 9 heteroatoms. The van der Waals surface area contributed by atoms with Gasteiger partial charge in [-0.2, -0.15) is 14.8 Å². The molecule has 1 aromatic carbocycles. The van der Waals surface area contributed by atoms with Crippen molar-refractivity contribution in [1.82, 2.24) is 24.8 Å².